The lowest BCUT2D eigenvalue weighted by Gasteiger charge is -2.13. The van der Waals surface area contributed by atoms with E-state index in [4.69, 9.17) is 23.2 Å². The first-order valence-electron chi connectivity index (χ1n) is 5.69. The Morgan fingerprint density at radius 1 is 1.15 bits per heavy atom. The normalized spacial score (nSPS) is 12.4. The third kappa shape index (κ3) is 3.89. The van der Waals surface area contributed by atoms with E-state index in [1.54, 1.807) is 18.2 Å². The van der Waals surface area contributed by atoms with Gasteiger partial charge in [-0.05, 0) is 46.3 Å². The Morgan fingerprint density at radius 3 is 2.45 bits per heavy atom. The average Bonchev–Trinajstić information content (AvgIpc) is 2.44. The fourth-order valence-corrected chi connectivity index (χ4v) is 3.06. The van der Waals surface area contributed by atoms with Gasteiger partial charge in [0.1, 0.15) is 5.82 Å². The van der Waals surface area contributed by atoms with Gasteiger partial charge in [-0.15, -0.1) is 11.8 Å². The predicted octanol–water partition coefficient (Wildman–Crippen LogP) is 5.72. The van der Waals surface area contributed by atoms with Gasteiger partial charge >= 0.3 is 0 Å². The Balaban J connectivity index is 2.07. The number of hydrogen-bond donors (Lipinski definition) is 1. The second-order valence-electron chi connectivity index (χ2n) is 4.05. The molecule has 0 saturated carbocycles. The predicted molar refractivity (Wildman–Crippen MR) is 86.2 cm³/mol. The first kappa shape index (κ1) is 16.1. The van der Waals surface area contributed by atoms with Crippen molar-refractivity contribution in [3.63, 3.8) is 0 Å². The first-order valence-corrected chi connectivity index (χ1v) is 8.22. The quantitative estimate of drug-likeness (QED) is 0.527. The molecule has 0 bridgehead atoms. The molecule has 1 atom stereocenters. The standard InChI is InChI=1S/C14H10BrCl2FOS/c15-11-6-5-10(14(18)13(11)17)12(19)7-20-9-3-1-8(16)2-4-9/h1-6,12,19H,7H2. The molecule has 0 aliphatic rings. The van der Waals surface area contributed by atoms with Crippen molar-refractivity contribution in [2.75, 3.05) is 5.75 Å². The number of aliphatic hydroxyl groups excluding tert-OH is 1. The summed E-state index contributed by atoms with van der Waals surface area (Å²) in [7, 11) is 0. The Labute approximate surface area is 139 Å². The molecule has 0 aliphatic carbocycles. The lowest BCUT2D eigenvalue weighted by molar-refractivity contribution is 0.199. The molecule has 1 nitrogen and oxygen atoms in total. The van der Waals surface area contributed by atoms with E-state index in [2.05, 4.69) is 15.9 Å². The summed E-state index contributed by atoms with van der Waals surface area (Å²) in [5.41, 5.74) is 0.194. The molecule has 2 aromatic rings. The fourth-order valence-electron chi connectivity index (χ4n) is 1.59. The van der Waals surface area contributed by atoms with Crippen molar-refractivity contribution < 1.29 is 9.50 Å². The number of aliphatic hydroxyl groups is 1. The molecule has 0 heterocycles. The van der Waals surface area contributed by atoms with Crippen LogP contribution >= 0.6 is 50.9 Å². The van der Waals surface area contributed by atoms with Gasteiger partial charge in [0.25, 0.3) is 0 Å². The topological polar surface area (TPSA) is 20.2 Å². The molecule has 0 amide bonds. The summed E-state index contributed by atoms with van der Waals surface area (Å²) in [4.78, 5) is 0.956. The third-order valence-corrected chi connectivity index (χ3v) is 5.24. The van der Waals surface area contributed by atoms with Crippen LogP contribution in [0.25, 0.3) is 0 Å². The van der Waals surface area contributed by atoms with Crippen LogP contribution in [0.5, 0.6) is 0 Å². The van der Waals surface area contributed by atoms with Gasteiger partial charge in [-0.1, -0.05) is 29.3 Å². The summed E-state index contributed by atoms with van der Waals surface area (Å²) in [5.74, 6) is -0.262. The van der Waals surface area contributed by atoms with Crippen LogP contribution in [0, 0.1) is 5.82 Å². The largest absolute Gasteiger partial charge is 0.387 e. The van der Waals surface area contributed by atoms with Gasteiger partial charge < -0.3 is 5.11 Å². The molecule has 2 rings (SSSR count). The van der Waals surface area contributed by atoms with Gasteiger partial charge in [0.15, 0.2) is 0 Å². The number of hydrogen-bond acceptors (Lipinski definition) is 2. The van der Waals surface area contributed by atoms with E-state index in [9.17, 15) is 9.50 Å². The highest BCUT2D eigenvalue weighted by Crippen LogP contribution is 2.32. The molecule has 20 heavy (non-hydrogen) atoms. The van der Waals surface area contributed by atoms with Crippen molar-refractivity contribution in [1.29, 1.82) is 0 Å². The maximum Gasteiger partial charge on any atom is 0.148 e. The van der Waals surface area contributed by atoms with E-state index >= 15 is 0 Å². The number of rotatable bonds is 4. The smallest absolute Gasteiger partial charge is 0.148 e. The molecule has 0 saturated heterocycles. The zero-order chi connectivity index (χ0) is 14.7. The van der Waals surface area contributed by atoms with Gasteiger partial charge in [0.2, 0.25) is 0 Å². The molecular formula is C14H10BrCl2FOS. The van der Waals surface area contributed by atoms with E-state index in [0.29, 0.717) is 15.2 Å². The molecule has 0 fully saturated rings. The minimum Gasteiger partial charge on any atom is -0.387 e. The fraction of sp³-hybridized carbons (Fsp3) is 0.143. The van der Waals surface area contributed by atoms with Crippen molar-refractivity contribution >= 4 is 50.9 Å². The highest BCUT2D eigenvalue weighted by Gasteiger charge is 2.17. The minimum atomic E-state index is -0.929. The molecule has 6 heteroatoms. The van der Waals surface area contributed by atoms with Crippen LogP contribution in [0.15, 0.2) is 45.8 Å². The summed E-state index contributed by atoms with van der Waals surface area (Å²) >= 11 is 16.2. The summed E-state index contributed by atoms with van der Waals surface area (Å²) in [6, 6.07) is 10.4. The average molecular weight is 396 g/mol. The summed E-state index contributed by atoms with van der Waals surface area (Å²) in [6.45, 7) is 0. The highest BCUT2D eigenvalue weighted by atomic mass is 79.9. The van der Waals surface area contributed by atoms with E-state index in [-0.39, 0.29) is 10.6 Å². The van der Waals surface area contributed by atoms with Crippen LogP contribution in [0.1, 0.15) is 11.7 Å². The van der Waals surface area contributed by atoms with Crippen molar-refractivity contribution in [2.45, 2.75) is 11.0 Å². The van der Waals surface area contributed by atoms with E-state index in [1.165, 1.54) is 17.8 Å². The molecule has 0 aromatic heterocycles. The molecule has 0 spiro atoms. The Kier molecular flexibility index (Phi) is 5.75. The highest BCUT2D eigenvalue weighted by molar-refractivity contribution is 9.10. The van der Waals surface area contributed by atoms with Crippen LogP contribution in [0.3, 0.4) is 0 Å². The minimum absolute atomic E-state index is 0.0157. The van der Waals surface area contributed by atoms with Crippen molar-refractivity contribution in [1.82, 2.24) is 0 Å². The van der Waals surface area contributed by atoms with Gasteiger partial charge in [-0.3, -0.25) is 0 Å². The molecule has 1 N–H and O–H groups in total. The molecular weight excluding hydrogens is 386 g/mol. The molecule has 0 aliphatic heterocycles. The second-order valence-corrected chi connectivity index (χ2v) is 6.81. The molecule has 106 valence electrons. The van der Waals surface area contributed by atoms with Crippen LogP contribution < -0.4 is 0 Å². The summed E-state index contributed by atoms with van der Waals surface area (Å²) in [6.07, 6.45) is -0.929. The second kappa shape index (κ2) is 7.14. The maximum atomic E-state index is 13.9. The third-order valence-electron chi connectivity index (χ3n) is 2.65. The molecule has 1 unspecified atom stereocenters. The number of thioether (sulfide) groups is 1. The zero-order valence-electron chi connectivity index (χ0n) is 10.1. The van der Waals surface area contributed by atoms with Crippen LogP contribution in [0.4, 0.5) is 4.39 Å². The Morgan fingerprint density at radius 2 is 1.80 bits per heavy atom. The monoisotopic (exact) mass is 394 g/mol. The molecule has 0 radical (unpaired) electrons. The van der Waals surface area contributed by atoms with Gasteiger partial charge in [-0.25, -0.2) is 4.39 Å². The zero-order valence-corrected chi connectivity index (χ0v) is 14.0. The van der Waals surface area contributed by atoms with E-state index in [1.807, 2.05) is 12.1 Å². The Bertz CT molecular complexity index is 607. The van der Waals surface area contributed by atoms with E-state index < -0.39 is 11.9 Å². The number of halogens is 4. The summed E-state index contributed by atoms with van der Waals surface area (Å²) in [5, 5.41) is 10.7. The van der Waals surface area contributed by atoms with Crippen molar-refractivity contribution in [3.05, 3.63) is 62.3 Å². The number of benzene rings is 2. The van der Waals surface area contributed by atoms with E-state index in [0.717, 1.165) is 4.90 Å². The Hall–Kier alpha value is -0.260. The van der Waals surface area contributed by atoms with Crippen LogP contribution in [-0.4, -0.2) is 10.9 Å². The maximum absolute atomic E-state index is 13.9. The van der Waals surface area contributed by atoms with Gasteiger partial charge in [-0.2, -0.15) is 0 Å². The molecule has 2 aromatic carbocycles. The van der Waals surface area contributed by atoms with Gasteiger partial charge in [0.05, 0.1) is 11.1 Å². The van der Waals surface area contributed by atoms with Crippen molar-refractivity contribution in [3.8, 4) is 0 Å². The van der Waals surface area contributed by atoms with Crippen molar-refractivity contribution in [2.24, 2.45) is 0 Å². The SMILES string of the molecule is OC(CSc1ccc(Cl)cc1)c1ccc(Br)c(Cl)c1F. The summed E-state index contributed by atoms with van der Waals surface area (Å²) < 4.78 is 14.4. The van der Waals surface area contributed by atoms with Gasteiger partial charge in [0, 0.05) is 25.7 Å². The van der Waals surface area contributed by atoms with Crippen LogP contribution in [0.2, 0.25) is 10.0 Å². The lowest BCUT2D eigenvalue weighted by atomic mass is 10.1. The first-order chi connectivity index (χ1) is 9.49. The van der Waals surface area contributed by atoms with Crippen LogP contribution in [-0.2, 0) is 0 Å². The lowest BCUT2D eigenvalue weighted by Crippen LogP contribution is -2.04.